The van der Waals surface area contributed by atoms with E-state index in [1.807, 2.05) is 0 Å². The first kappa shape index (κ1) is 13.3. The molecule has 94 valence electrons. The molecule has 1 aromatic rings. The van der Waals surface area contributed by atoms with Gasteiger partial charge >= 0.3 is 0 Å². The van der Waals surface area contributed by atoms with Crippen LogP contribution in [0.25, 0.3) is 0 Å². The smallest absolute Gasteiger partial charge is 0.147 e. The maximum absolute atomic E-state index is 6.18. The third kappa shape index (κ3) is 3.19. The summed E-state index contributed by atoms with van der Waals surface area (Å²) in [5, 5.41) is 0.567. The molecule has 1 aromatic heterocycles. The minimum absolute atomic E-state index is 0.520. The van der Waals surface area contributed by atoms with Crippen LogP contribution < -0.4 is 0 Å². The standard InChI is InChI=1S/C13H18BrClN2/c1-8(2)7-10-11(14)12(15)17-13(16-10)9-5-3-4-6-9/h8-9H,3-7H2,1-2H3. The molecule has 0 aromatic carbocycles. The molecule has 0 bridgehead atoms. The molecule has 1 heterocycles. The maximum atomic E-state index is 6.18. The summed E-state index contributed by atoms with van der Waals surface area (Å²) in [6, 6.07) is 0. The predicted octanol–water partition coefficient (Wildman–Crippen LogP) is 4.75. The van der Waals surface area contributed by atoms with Crippen LogP contribution in [0.1, 0.15) is 57.0 Å². The Morgan fingerprint density at radius 1 is 1.29 bits per heavy atom. The summed E-state index contributed by atoms with van der Waals surface area (Å²) < 4.78 is 0.870. The summed E-state index contributed by atoms with van der Waals surface area (Å²) >= 11 is 9.68. The molecule has 1 fully saturated rings. The Hall–Kier alpha value is -0.150. The van der Waals surface area contributed by atoms with Gasteiger partial charge in [-0.25, -0.2) is 9.97 Å². The summed E-state index contributed by atoms with van der Waals surface area (Å²) in [6.45, 7) is 4.38. The third-order valence-corrected chi connectivity index (χ3v) is 4.55. The predicted molar refractivity (Wildman–Crippen MR) is 74.5 cm³/mol. The lowest BCUT2D eigenvalue weighted by Crippen LogP contribution is -2.07. The van der Waals surface area contributed by atoms with Gasteiger partial charge in [-0.15, -0.1) is 0 Å². The van der Waals surface area contributed by atoms with Crippen LogP contribution >= 0.6 is 27.5 Å². The van der Waals surface area contributed by atoms with Crippen molar-refractivity contribution in [1.82, 2.24) is 9.97 Å². The average molecular weight is 318 g/mol. The van der Waals surface area contributed by atoms with E-state index in [-0.39, 0.29) is 0 Å². The van der Waals surface area contributed by atoms with Crippen molar-refractivity contribution in [2.45, 2.75) is 51.9 Å². The summed E-state index contributed by atoms with van der Waals surface area (Å²) in [6.07, 6.45) is 5.95. The molecule has 4 heteroatoms. The molecular formula is C13H18BrClN2. The van der Waals surface area contributed by atoms with Gasteiger partial charge in [0, 0.05) is 5.92 Å². The number of aromatic nitrogens is 2. The van der Waals surface area contributed by atoms with Crippen molar-refractivity contribution < 1.29 is 0 Å². The number of rotatable bonds is 3. The van der Waals surface area contributed by atoms with Gasteiger partial charge in [0.15, 0.2) is 0 Å². The van der Waals surface area contributed by atoms with Crippen molar-refractivity contribution in [3.05, 3.63) is 21.1 Å². The molecule has 1 saturated carbocycles. The maximum Gasteiger partial charge on any atom is 0.147 e. The largest absolute Gasteiger partial charge is 0.236 e. The molecule has 17 heavy (non-hydrogen) atoms. The van der Waals surface area contributed by atoms with Crippen molar-refractivity contribution in [1.29, 1.82) is 0 Å². The molecule has 0 saturated heterocycles. The Kier molecular flexibility index (Phi) is 4.42. The third-order valence-electron chi connectivity index (χ3n) is 3.22. The van der Waals surface area contributed by atoms with Crippen LogP contribution in [0.15, 0.2) is 4.47 Å². The SMILES string of the molecule is CC(C)Cc1nc(C2CCCC2)nc(Cl)c1Br. The van der Waals surface area contributed by atoms with Crippen LogP contribution in [-0.2, 0) is 6.42 Å². The highest BCUT2D eigenvalue weighted by Crippen LogP contribution is 2.34. The number of hydrogen-bond donors (Lipinski definition) is 0. The van der Waals surface area contributed by atoms with E-state index < -0.39 is 0 Å². The molecule has 0 aliphatic heterocycles. The molecule has 0 amide bonds. The van der Waals surface area contributed by atoms with E-state index in [1.165, 1.54) is 25.7 Å². The van der Waals surface area contributed by atoms with Gasteiger partial charge in [-0.3, -0.25) is 0 Å². The highest BCUT2D eigenvalue weighted by Gasteiger charge is 2.22. The van der Waals surface area contributed by atoms with Crippen molar-refractivity contribution in [3.63, 3.8) is 0 Å². The van der Waals surface area contributed by atoms with Crippen molar-refractivity contribution in [2.75, 3.05) is 0 Å². The van der Waals surface area contributed by atoms with Crippen LogP contribution in [0.4, 0.5) is 0 Å². The van der Waals surface area contributed by atoms with Crippen LogP contribution in [-0.4, -0.2) is 9.97 Å². The topological polar surface area (TPSA) is 25.8 Å². The Labute approximate surface area is 116 Å². The Bertz CT molecular complexity index is 401. The zero-order valence-electron chi connectivity index (χ0n) is 10.3. The van der Waals surface area contributed by atoms with E-state index in [9.17, 15) is 0 Å². The molecule has 0 spiro atoms. The minimum atomic E-state index is 0.520. The first-order valence-electron chi connectivity index (χ1n) is 6.29. The summed E-state index contributed by atoms with van der Waals surface area (Å²) in [4.78, 5) is 9.14. The van der Waals surface area contributed by atoms with Gasteiger partial charge in [0.1, 0.15) is 11.0 Å². The lowest BCUT2D eigenvalue weighted by atomic mass is 10.1. The molecule has 1 aliphatic rings. The van der Waals surface area contributed by atoms with E-state index in [0.29, 0.717) is 17.0 Å². The van der Waals surface area contributed by atoms with Gasteiger partial charge in [-0.1, -0.05) is 38.3 Å². The van der Waals surface area contributed by atoms with Crippen molar-refractivity contribution >= 4 is 27.5 Å². The molecule has 0 N–H and O–H groups in total. The monoisotopic (exact) mass is 316 g/mol. The molecular weight excluding hydrogens is 300 g/mol. The van der Waals surface area contributed by atoms with Crippen LogP contribution in [0, 0.1) is 5.92 Å². The molecule has 1 aliphatic carbocycles. The van der Waals surface area contributed by atoms with E-state index in [1.54, 1.807) is 0 Å². The van der Waals surface area contributed by atoms with Gasteiger partial charge in [0.05, 0.1) is 10.2 Å². The lowest BCUT2D eigenvalue weighted by molar-refractivity contribution is 0.610. The van der Waals surface area contributed by atoms with Gasteiger partial charge < -0.3 is 0 Å². The lowest BCUT2D eigenvalue weighted by Gasteiger charge is -2.13. The minimum Gasteiger partial charge on any atom is -0.236 e. The van der Waals surface area contributed by atoms with Crippen molar-refractivity contribution in [2.24, 2.45) is 5.92 Å². The zero-order valence-corrected chi connectivity index (χ0v) is 12.7. The second-order valence-electron chi connectivity index (χ2n) is 5.21. The number of nitrogens with zero attached hydrogens (tertiary/aromatic N) is 2. The van der Waals surface area contributed by atoms with E-state index in [4.69, 9.17) is 16.6 Å². The highest BCUT2D eigenvalue weighted by atomic mass is 79.9. The van der Waals surface area contributed by atoms with E-state index >= 15 is 0 Å². The zero-order chi connectivity index (χ0) is 12.4. The quantitative estimate of drug-likeness (QED) is 0.752. The fourth-order valence-corrected chi connectivity index (χ4v) is 2.90. The van der Waals surface area contributed by atoms with Crippen LogP contribution in [0.3, 0.4) is 0 Å². The normalized spacial score (nSPS) is 17.0. The fraction of sp³-hybridized carbons (Fsp3) is 0.692. The Morgan fingerprint density at radius 3 is 2.53 bits per heavy atom. The van der Waals surface area contributed by atoms with Crippen LogP contribution in [0.5, 0.6) is 0 Å². The molecule has 2 rings (SSSR count). The van der Waals surface area contributed by atoms with Gasteiger partial charge in [-0.05, 0) is 41.1 Å². The Morgan fingerprint density at radius 2 is 1.94 bits per heavy atom. The van der Waals surface area contributed by atoms with Crippen LogP contribution in [0.2, 0.25) is 5.15 Å². The summed E-state index contributed by atoms with van der Waals surface area (Å²) in [7, 11) is 0. The first-order valence-corrected chi connectivity index (χ1v) is 7.47. The van der Waals surface area contributed by atoms with E-state index in [2.05, 4.69) is 34.8 Å². The molecule has 2 nitrogen and oxygen atoms in total. The van der Waals surface area contributed by atoms with Gasteiger partial charge in [-0.2, -0.15) is 0 Å². The molecule has 0 unspecified atom stereocenters. The highest BCUT2D eigenvalue weighted by molar-refractivity contribution is 9.10. The average Bonchev–Trinajstić information content (AvgIpc) is 2.77. The summed E-state index contributed by atoms with van der Waals surface area (Å²) in [5.41, 5.74) is 1.06. The Balaban J connectivity index is 2.31. The van der Waals surface area contributed by atoms with Gasteiger partial charge in [0.25, 0.3) is 0 Å². The van der Waals surface area contributed by atoms with Gasteiger partial charge in [0.2, 0.25) is 0 Å². The first-order chi connectivity index (χ1) is 8.08. The second-order valence-corrected chi connectivity index (χ2v) is 6.36. The molecule has 0 radical (unpaired) electrons. The van der Waals surface area contributed by atoms with Crippen molar-refractivity contribution in [3.8, 4) is 0 Å². The fourth-order valence-electron chi connectivity index (χ4n) is 2.37. The molecule has 0 atom stereocenters. The summed E-state index contributed by atoms with van der Waals surface area (Å²) in [5.74, 6) is 2.05. The second kappa shape index (κ2) is 5.66. The van der Waals surface area contributed by atoms with E-state index in [0.717, 1.165) is 22.4 Å². The number of halogens is 2. The number of hydrogen-bond acceptors (Lipinski definition) is 2.